The van der Waals surface area contributed by atoms with Gasteiger partial charge in [0.15, 0.2) is 9.84 Å². The predicted molar refractivity (Wildman–Crippen MR) is 56.8 cm³/mol. The number of benzene rings is 1. The minimum atomic E-state index is -3.76. The van der Waals surface area contributed by atoms with E-state index in [2.05, 4.69) is 0 Å². The normalized spacial score (nSPS) is 13.4. The second-order valence-corrected chi connectivity index (χ2v) is 5.35. The Bertz CT molecular complexity index is 521. The van der Waals surface area contributed by atoms with Crippen LogP contribution in [0.3, 0.4) is 0 Å². The second kappa shape index (κ2) is 4.18. The Labute approximate surface area is 92.6 Å². The topological polar surface area (TPSA) is 97.5 Å². The average Bonchev–Trinajstić information content (AvgIpc) is 2.15. The minimum absolute atomic E-state index is 0.0386. The highest BCUT2D eigenvalue weighted by molar-refractivity contribution is 7.91. The molecule has 0 amide bonds. The Morgan fingerprint density at radius 3 is 2.38 bits per heavy atom. The summed E-state index contributed by atoms with van der Waals surface area (Å²) in [4.78, 5) is 9.51. The molecule has 1 rings (SSSR count). The molecule has 7 heteroatoms. The molecule has 0 bridgehead atoms. The number of aliphatic hydroxyl groups is 1. The van der Waals surface area contributed by atoms with Gasteiger partial charge in [0.2, 0.25) is 0 Å². The van der Waals surface area contributed by atoms with Gasteiger partial charge in [0.05, 0.1) is 11.0 Å². The number of nitro groups is 1. The first-order valence-corrected chi connectivity index (χ1v) is 6.29. The van der Waals surface area contributed by atoms with Gasteiger partial charge in [-0.1, -0.05) is 12.1 Å². The highest BCUT2D eigenvalue weighted by Crippen LogP contribution is 2.30. The van der Waals surface area contributed by atoms with Gasteiger partial charge in [0.25, 0.3) is 5.69 Å². The van der Waals surface area contributed by atoms with E-state index < -0.39 is 31.4 Å². The molecule has 0 spiro atoms. The van der Waals surface area contributed by atoms with E-state index in [0.717, 1.165) is 12.3 Å². The van der Waals surface area contributed by atoms with Crippen LogP contribution in [-0.2, 0) is 9.84 Å². The van der Waals surface area contributed by atoms with Crippen LogP contribution in [0.25, 0.3) is 0 Å². The van der Waals surface area contributed by atoms with Gasteiger partial charge in [-0.3, -0.25) is 10.1 Å². The summed E-state index contributed by atoms with van der Waals surface area (Å²) < 4.78 is 22.9. The van der Waals surface area contributed by atoms with E-state index in [0.29, 0.717) is 0 Å². The molecule has 1 N–H and O–H groups in total. The molecule has 0 aliphatic rings. The molecule has 0 fully saturated rings. The van der Waals surface area contributed by atoms with Crippen LogP contribution < -0.4 is 0 Å². The molecule has 0 aromatic heterocycles. The number of sulfone groups is 1. The summed E-state index contributed by atoms with van der Waals surface area (Å²) in [5, 5.41) is 20.1. The highest BCUT2D eigenvalue weighted by Gasteiger charge is 2.27. The standard InChI is InChI=1S/C9H11NO5S/c1-6(11)7-4-3-5-8(10(12)13)9(7)16(2,14)15/h3-6,11H,1-2H3. The third kappa shape index (κ3) is 2.37. The van der Waals surface area contributed by atoms with Crippen LogP contribution in [0.5, 0.6) is 0 Å². The summed E-state index contributed by atoms with van der Waals surface area (Å²) in [7, 11) is -3.76. The van der Waals surface area contributed by atoms with Crippen LogP contribution in [-0.4, -0.2) is 24.7 Å². The van der Waals surface area contributed by atoms with Crippen molar-refractivity contribution >= 4 is 15.5 Å². The molecule has 1 aromatic rings. The van der Waals surface area contributed by atoms with E-state index in [9.17, 15) is 23.6 Å². The molecule has 1 unspecified atom stereocenters. The second-order valence-electron chi connectivity index (χ2n) is 3.40. The van der Waals surface area contributed by atoms with Gasteiger partial charge in [-0.15, -0.1) is 0 Å². The van der Waals surface area contributed by atoms with Gasteiger partial charge in [0, 0.05) is 17.9 Å². The van der Waals surface area contributed by atoms with Gasteiger partial charge in [0.1, 0.15) is 4.90 Å². The van der Waals surface area contributed by atoms with Crippen molar-refractivity contribution in [2.45, 2.75) is 17.9 Å². The Kier molecular flexibility index (Phi) is 3.30. The lowest BCUT2D eigenvalue weighted by molar-refractivity contribution is -0.388. The van der Waals surface area contributed by atoms with E-state index in [4.69, 9.17) is 0 Å². The van der Waals surface area contributed by atoms with Gasteiger partial charge in [-0.05, 0) is 6.92 Å². The Balaban J connectivity index is 3.68. The SMILES string of the molecule is CC(O)c1cccc([N+](=O)[O-])c1S(C)(=O)=O. The lowest BCUT2D eigenvalue weighted by Crippen LogP contribution is -2.08. The molecule has 88 valence electrons. The van der Waals surface area contributed by atoms with Gasteiger partial charge in [-0.2, -0.15) is 0 Å². The smallest absolute Gasteiger partial charge is 0.288 e. The number of nitro benzene ring substituents is 1. The fourth-order valence-electron chi connectivity index (χ4n) is 1.42. The summed E-state index contributed by atoms with van der Waals surface area (Å²) in [6.45, 7) is 1.35. The molecule has 0 aliphatic carbocycles. The summed E-state index contributed by atoms with van der Waals surface area (Å²) in [6, 6.07) is 3.80. The summed E-state index contributed by atoms with van der Waals surface area (Å²) >= 11 is 0. The van der Waals surface area contributed by atoms with Crippen molar-refractivity contribution in [2.24, 2.45) is 0 Å². The maximum atomic E-state index is 11.5. The maximum Gasteiger partial charge on any atom is 0.288 e. The highest BCUT2D eigenvalue weighted by atomic mass is 32.2. The molecule has 16 heavy (non-hydrogen) atoms. The van der Waals surface area contributed by atoms with Crippen LogP contribution in [0, 0.1) is 10.1 Å². The minimum Gasteiger partial charge on any atom is -0.389 e. The summed E-state index contributed by atoms with van der Waals surface area (Å²) in [5.74, 6) is 0. The van der Waals surface area contributed by atoms with E-state index in [1.165, 1.54) is 19.1 Å². The molecule has 0 saturated heterocycles. The number of hydrogen-bond donors (Lipinski definition) is 1. The zero-order valence-electron chi connectivity index (χ0n) is 8.75. The van der Waals surface area contributed by atoms with Crippen molar-refractivity contribution in [1.82, 2.24) is 0 Å². The van der Waals surface area contributed by atoms with E-state index in [1.54, 1.807) is 0 Å². The summed E-state index contributed by atoms with van der Waals surface area (Å²) in [6.07, 6.45) is -0.203. The monoisotopic (exact) mass is 245 g/mol. The lowest BCUT2D eigenvalue weighted by atomic mass is 10.1. The predicted octanol–water partition coefficient (Wildman–Crippen LogP) is 1.05. The van der Waals surface area contributed by atoms with Crippen LogP contribution in [0.15, 0.2) is 23.1 Å². The molecular weight excluding hydrogens is 234 g/mol. The molecule has 0 radical (unpaired) electrons. The zero-order chi connectivity index (χ0) is 12.5. The molecule has 1 atom stereocenters. The lowest BCUT2D eigenvalue weighted by Gasteiger charge is -2.10. The number of hydrogen-bond acceptors (Lipinski definition) is 5. The third-order valence-corrected chi connectivity index (χ3v) is 3.23. The quantitative estimate of drug-likeness (QED) is 0.634. The molecular formula is C9H11NO5S. The zero-order valence-corrected chi connectivity index (χ0v) is 9.56. The molecule has 0 aliphatic heterocycles. The largest absolute Gasteiger partial charge is 0.389 e. The first kappa shape index (κ1) is 12.6. The summed E-state index contributed by atoms with van der Waals surface area (Å²) in [5.41, 5.74) is -0.474. The molecule has 0 heterocycles. The fourth-order valence-corrected chi connectivity index (χ4v) is 2.61. The van der Waals surface area contributed by atoms with Gasteiger partial charge >= 0.3 is 0 Å². The molecule has 1 aromatic carbocycles. The first-order chi connectivity index (χ1) is 7.25. The van der Waals surface area contributed by atoms with Gasteiger partial charge in [-0.25, -0.2) is 8.42 Å². The van der Waals surface area contributed by atoms with Crippen molar-refractivity contribution in [1.29, 1.82) is 0 Å². The van der Waals surface area contributed by atoms with E-state index in [-0.39, 0.29) is 5.56 Å². The maximum absolute atomic E-state index is 11.5. The molecule has 6 nitrogen and oxygen atoms in total. The van der Waals surface area contributed by atoms with Crippen molar-refractivity contribution < 1.29 is 18.4 Å². The van der Waals surface area contributed by atoms with Crippen molar-refractivity contribution in [2.75, 3.05) is 6.26 Å². The first-order valence-electron chi connectivity index (χ1n) is 4.40. The van der Waals surface area contributed by atoms with E-state index >= 15 is 0 Å². The van der Waals surface area contributed by atoms with Crippen molar-refractivity contribution in [3.8, 4) is 0 Å². The average molecular weight is 245 g/mol. The van der Waals surface area contributed by atoms with Crippen LogP contribution in [0.1, 0.15) is 18.6 Å². The molecule has 0 saturated carbocycles. The van der Waals surface area contributed by atoms with Crippen LogP contribution in [0.4, 0.5) is 5.69 Å². The Morgan fingerprint density at radius 2 is 2.00 bits per heavy atom. The number of rotatable bonds is 3. The van der Waals surface area contributed by atoms with Crippen molar-refractivity contribution in [3.63, 3.8) is 0 Å². The third-order valence-electron chi connectivity index (χ3n) is 2.04. The fraction of sp³-hybridized carbons (Fsp3) is 0.333. The number of nitrogens with zero attached hydrogens (tertiary/aromatic N) is 1. The van der Waals surface area contributed by atoms with E-state index in [1.807, 2.05) is 0 Å². The van der Waals surface area contributed by atoms with Crippen molar-refractivity contribution in [3.05, 3.63) is 33.9 Å². The number of aliphatic hydroxyl groups excluding tert-OH is 1. The Hall–Kier alpha value is -1.47. The van der Waals surface area contributed by atoms with Crippen LogP contribution in [0.2, 0.25) is 0 Å². The van der Waals surface area contributed by atoms with Gasteiger partial charge < -0.3 is 5.11 Å². The van der Waals surface area contributed by atoms with Crippen LogP contribution >= 0.6 is 0 Å². The Morgan fingerprint density at radius 1 is 1.44 bits per heavy atom.